The summed E-state index contributed by atoms with van der Waals surface area (Å²) in [6, 6.07) is 12.7. The van der Waals surface area contributed by atoms with E-state index in [9.17, 15) is 13.9 Å². The summed E-state index contributed by atoms with van der Waals surface area (Å²) in [5.74, 6) is -1.34. The number of anilines is 4. The third kappa shape index (κ3) is 4.05. The van der Waals surface area contributed by atoms with E-state index in [2.05, 4.69) is 15.3 Å². The minimum absolute atomic E-state index is 0.164. The number of benzene rings is 2. The van der Waals surface area contributed by atoms with Gasteiger partial charge >= 0.3 is 0 Å². The van der Waals surface area contributed by atoms with E-state index in [0.29, 0.717) is 29.1 Å². The predicted molar refractivity (Wildman–Crippen MR) is 126 cm³/mol. The molecule has 33 heavy (non-hydrogen) atoms. The zero-order valence-corrected chi connectivity index (χ0v) is 17.8. The van der Waals surface area contributed by atoms with Crippen LogP contribution in [0.3, 0.4) is 0 Å². The number of fused-ring (bicyclic) bond motifs is 1. The molecule has 1 aliphatic heterocycles. The molecule has 0 aliphatic carbocycles. The van der Waals surface area contributed by atoms with Crippen LogP contribution in [0, 0.1) is 11.6 Å². The zero-order chi connectivity index (χ0) is 22.9. The van der Waals surface area contributed by atoms with Crippen LogP contribution in [0.25, 0.3) is 22.2 Å². The first-order valence-corrected chi connectivity index (χ1v) is 10.8. The topological polar surface area (TPSA) is 87.3 Å². The maximum absolute atomic E-state index is 14.4. The summed E-state index contributed by atoms with van der Waals surface area (Å²) in [6.45, 7) is 1.25. The molecule has 3 heterocycles. The number of rotatable bonds is 4. The second-order valence-corrected chi connectivity index (χ2v) is 8.16. The summed E-state index contributed by atoms with van der Waals surface area (Å²) >= 11 is 0. The van der Waals surface area contributed by atoms with Gasteiger partial charge in [0.2, 0.25) is 0 Å². The highest BCUT2D eigenvalue weighted by Crippen LogP contribution is 2.37. The second kappa shape index (κ2) is 8.63. The number of aliphatic hydroxyl groups is 1. The molecule has 0 amide bonds. The molecule has 1 atom stereocenters. The molecule has 1 aliphatic rings. The van der Waals surface area contributed by atoms with Crippen molar-refractivity contribution >= 4 is 33.7 Å². The van der Waals surface area contributed by atoms with Crippen molar-refractivity contribution in [1.29, 1.82) is 0 Å². The molecule has 6 nitrogen and oxygen atoms in total. The number of hydrogen-bond acceptors (Lipinski definition) is 6. The van der Waals surface area contributed by atoms with Gasteiger partial charge in [0.25, 0.3) is 0 Å². The third-order valence-electron chi connectivity index (χ3n) is 5.87. The smallest absolute Gasteiger partial charge is 0.135 e. The lowest BCUT2D eigenvalue weighted by atomic mass is 10.1. The van der Waals surface area contributed by atoms with E-state index in [1.807, 2.05) is 23.1 Å². The average Bonchev–Trinajstić information content (AvgIpc) is 2.79. The van der Waals surface area contributed by atoms with Gasteiger partial charge in [-0.15, -0.1) is 0 Å². The molecule has 1 fully saturated rings. The van der Waals surface area contributed by atoms with E-state index >= 15 is 0 Å². The van der Waals surface area contributed by atoms with Crippen molar-refractivity contribution in [3.05, 3.63) is 72.6 Å². The Bertz CT molecular complexity index is 1310. The number of hydrogen-bond donors (Lipinski definition) is 3. The van der Waals surface area contributed by atoms with Gasteiger partial charge in [-0.3, -0.25) is 4.98 Å². The normalized spacial score (nSPS) is 16.2. The van der Waals surface area contributed by atoms with Crippen molar-refractivity contribution in [2.45, 2.75) is 18.9 Å². The van der Waals surface area contributed by atoms with Crippen LogP contribution in [0.4, 0.5) is 31.5 Å². The van der Waals surface area contributed by atoms with Crippen molar-refractivity contribution in [3.8, 4) is 11.3 Å². The fourth-order valence-electron chi connectivity index (χ4n) is 4.35. The Morgan fingerprint density at radius 2 is 1.79 bits per heavy atom. The lowest BCUT2D eigenvalue weighted by Crippen LogP contribution is -2.39. The minimum atomic E-state index is -0.668. The number of piperidine rings is 1. The van der Waals surface area contributed by atoms with Gasteiger partial charge < -0.3 is 21.1 Å². The maximum Gasteiger partial charge on any atom is 0.135 e. The highest BCUT2D eigenvalue weighted by Gasteiger charge is 2.23. The monoisotopic (exact) mass is 447 g/mol. The van der Waals surface area contributed by atoms with Gasteiger partial charge in [0, 0.05) is 18.5 Å². The Hall–Kier alpha value is -3.78. The average molecular weight is 447 g/mol. The Morgan fingerprint density at radius 1 is 1.00 bits per heavy atom. The number of nitrogens with one attached hydrogen (secondary N) is 1. The first-order valence-electron chi connectivity index (χ1n) is 10.8. The molecule has 4 N–H and O–H groups in total. The minimum Gasteiger partial charge on any atom is -0.396 e. The van der Waals surface area contributed by atoms with Crippen molar-refractivity contribution < 1.29 is 13.9 Å². The molecule has 0 radical (unpaired) electrons. The summed E-state index contributed by atoms with van der Waals surface area (Å²) in [7, 11) is 0. The number of aliphatic hydroxyl groups excluding tert-OH is 1. The molecular weight excluding hydrogens is 424 g/mol. The summed E-state index contributed by atoms with van der Waals surface area (Å²) in [4.78, 5) is 10.9. The number of para-hydroxylation sites is 1. The summed E-state index contributed by atoms with van der Waals surface area (Å²) in [6.07, 6.45) is 4.45. The molecule has 0 spiro atoms. The van der Waals surface area contributed by atoms with Crippen LogP contribution in [0.2, 0.25) is 0 Å². The first kappa shape index (κ1) is 21.1. The van der Waals surface area contributed by atoms with Gasteiger partial charge in [-0.25, -0.2) is 13.8 Å². The zero-order valence-electron chi connectivity index (χ0n) is 17.8. The number of pyridine rings is 2. The molecule has 1 unspecified atom stereocenters. The highest BCUT2D eigenvalue weighted by atomic mass is 19.1. The number of nitrogens with zero attached hydrogens (tertiary/aromatic N) is 3. The van der Waals surface area contributed by atoms with E-state index < -0.39 is 17.7 Å². The maximum atomic E-state index is 14.4. The highest BCUT2D eigenvalue weighted by molar-refractivity contribution is 5.95. The number of halogens is 2. The molecule has 0 bridgehead atoms. The molecule has 4 aromatic rings. The summed E-state index contributed by atoms with van der Waals surface area (Å²) in [5.41, 5.74) is 9.45. The van der Waals surface area contributed by atoms with Crippen LogP contribution in [0.1, 0.15) is 12.8 Å². The van der Waals surface area contributed by atoms with Crippen LogP contribution in [-0.2, 0) is 0 Å². The number of aromatic nitrogens is 2. The van der Waals surface area contributed by atoms with E-state index in [0.717, 1.165) is 30.5 Å². The Labute approximate surface area is 189 Å². The van der Waals surface area contributed by atoms with Gasteiger partial charge in [0.1, 0.15) is 11.6 Å². The number of nitrogen functional groups attached to an aromatic ring is 1. The van der Waals surface area contributed by atoms with Gasteiger partial charge in [0.15, 0.2) is 0 Å². The van der Waals surface area contributed by atoms with E-state index in [1.54, 1.807) is 24.5 Å². The third-order valence-corrected chi connectivity index (χ3v) is 5.87. The van der Waals surface area contributed by atoms with Crippen molar-refractivity contribution in [3.63, 3.8) is 0 Å². The van der Waals surface area contributed by atoms with Crippen molar-refractivity contribution in [1.82, 2.24) is 9.97 Å². The standard InChI is InChI=1S/C25H23F2N5O/c26-17-6-2-7-18(27)23(17)20-10-9-15-4-1-8-21(24(15)31-20)30-22-13-29-12-19(28)25(22)32-11-3-5-16(33)14-32/h1-2,4,6-10,12-13,16,30,33H,3,5,11,14,28H2. The number of β-amino-alcohol motifs (C(OH)–C–C–N with tert-alkyl or cyclic N) is 1. The number of nitrogens with two attached hydrogens (primary N) is 1. The second-order valence-electron chi connectivity index (χ2n) is 8.16. The summed E-state index contributed by atoms with van der Waals surface area (Å²) in [5, 5.41) is 14.3. The van der Waals surface area contributed by atoms with Crippen LogP contribution in [-0.4, -0.2) is 34.3 Å². The van der Waals surface area contributed by atoms with Gasteiger partial charge in [0.05, 0.1) is 58.0 Å². The van der Waals surface area contributed by atoms with Crippen LogP contribution < -0.4 is 16.0 Å². The Balaban J connectivity index is 1.59. The van der Waals surface area contributed by atoms with Crippen LogP contribution >= 0.6 is 0 Å². The lowest BCUT2D eigenvalue weighted by Gasteiger charge is -2.34. The van der Waals surface area contributed by atoms with E-state index in [4.69, 9.17) is 5.73 Å². The van der Waals surface area contributed by atoms with Gasteiger partial charge in [-0.2, -0.15) is 0 Å². The predicted octanol–water partition coefficient (Wildman–Crippen LogP) is 4.86. The Morgan fingerprint density at radius 3 is 2.58 bits per heavy atom. The molecule has 168 valence electrons. The van der Waals surface area contributed by atoms with E-state index in [1.165, 1.54) is 18.2 Å². The van der Waals surface area contributed by atoms with Crippen LogP contribution in [0.5, 0.6) is 0 Å². The quantitative estimate of drug-likeness (QED) is 0.414. The fourth-order valence-corrected chi connectivity index (χ4v) is 4.35. The molecule has 1 saturated heterocycles. The molecule has 2 aromatic heterocycles. The molecular formula is C25H23F2N5O. The van der Waals surface area contributed by atoms with Crippen molar-refractivity contribution in [2.75, 3.05) is 29.0 Å². The van der Waals surface area contributed by atoms with Crippen LogP contribution in [0.15, 0.2) is 60.9 Å². The summed E-state index contributed by atoms with van der Waals surface area (Å²) < 4.78 is 28.7. The van der Waals surface area contributed by atoms with Crippen molar-refractivity contribution in [2.24, 2.45) is 0 Å². The lowest BCUT2D eigenvalue weighted by molar-refractivity contribution is 0.154. The molecule has 0 saturated carbocycles. The molecule has 8 heteroatoms. The van der Waals surface area contributed by atoms with Gasteiger partial charge in [-0.1, -0.05) is 24.3 Å². The van der Waals surface area contributed by atoms with Gasteiger partial charge in [-0.05, 0) is 37.1 Å². The molecule has 2 aromatic carbocycles. The SMILES string of the molecule is Nc1cncc(Nc2cccc3ccc(-c4c(F)cccc4F)nc23)c1N1CCCC(O)C1. The van der Waals surface area contributed by atoms with E-state index in [-0.39, 0.29) is 11.3 Å². The first-order chi connectivity index (χ1) is 16.0. The fraction of sp³-hybridized carbons (Fsp3) is 0.200. The largest absolute Gasteiger partial charge is 0.396 e. The molecule has 5 rings (SSSR count). The Kier molecular flexibility index (Phi) is 5.51.